The molecule has 0 spiro atoms. The monoisotopic (exact) mass is 247 g/mol. The fourth-order valence-corrected chi connectivity index (χ4v) is 1.59. The van der Waals surface area contributed by atoms with Gasteiger partial charge in [-0.25, -0.2) is 4.98 Å². The Hall–Kier alpha value is -2.11. The number of aryl methyl sites for hydroxylation is 2. The molecule has 0 aliphatic rings. The average molecular weight is 247 g/mol. The van der Waals surface area contributed by atoms with Crippen molar-refractivity contribution >= 4 is 5.82 Å². The van der Waals surface area contributed by atoms with Gasteiger partial charge < -0.3 is 10.1 Å². The second-order valence-corrected chi connectivity index (χ2v) is 4.07. The van der Waals surface area contributed by atoms with E-state index in [0.717, 1.165) is 23.6 Å². The van der Waals surface area contributed by atoms with Crippen molar-refractivity contribution in [1.82, 2.24) is 20.2 Å². The number of rotatable bonds is 4. The zero-order valence-corrected chi connectivity index (χ0v) is 11.0. The normalized spacial score (nSPS) is 10.4. The molecule has 2 rings (SSSR count). The molecule has 0 radical (unpaired) electrons. The van der Waals surface area contributed by atoms with E-state index in [-0.39, 0.29) is 0 Å². The number of nitrogens with zero attached hydrogens (tertiary/aromatic N) is 3. The molecule has 0 unspecified atom stereocenters. The van der Waals surface area contributed by atoms with Crippen LogP contribution in [-0.4, -0.2) is 26.7 Å². The van der Waals surface area contributed by atoms with Gasteiger partial charge in [0, 0.05) is 18.3 Å². The van der Waals surface area contributed by atoms with E-state index >= 15 is 0 Å². The molecule has 0 bridgehead atoms. The molecule has 0 amide bonds. The predicted octanol–water partition coefficient (Wildman–Crippen LogP) is 2.35. The van der Waals surface area contributed by atoms with Gasteiger partial charge in [-0.2, -0.15) is 4.98 Å². The number of anilines is 1. The summed E-state index contributed by atoms with van der Waals surface area (Å²) in [4.78, 5) is 8.63. The van der Waals surface area contributed by atoms with Crippen molar-refractivity contribution in [3.8, 4) is 11.8 Å². The first-order valence-electron chi connectivity index (χ1n) is 5.89. The van der Waals surface area contributed by atoms with Crippen LogP contribution in [0.2, 0.25) is 0 Å². The van der Waals surface area contributed by atoms with Crippen molar-refractivity contribution in [2.45, 2.75) is 27.7 Å². The van der Waals surface area contributed by atoms with Crippen LogP contribution in [0.5, 0.6) is 11.8 Å². The van der Waals surface area contributed by atoms with Crippen LogP contribution < -0.4 is 10.1 Å². The van der Waals surface area contributed by atoms with Crippen LogP contribution in [-0.2, 0) is 0 Å². The maximum atomic E-state index is 5.66. The molecule has 0 saturated carbocycles. The van der Waals surface area contributed by atoms with Crippen molar-refractivity contribution in [3.63, 3.8) is 0 Å². The number of aromatic amines is 1. The van der Waals surface area contributed by atoms with E-state index in [1.165, 1.54) is 0 Å². The van der Waals surface area contributed by atoms with Crippen molar-refractivity contribution < 1.29 is 4.74 Å². The smallest absolute Gasteiger partial charge is 0.240 e. The second kappa shape index (κ2) is 5.03. The van der Waals surface area contributed by atoms with Gasteiger partial charge in [0.05, 0.1) is 5.56 Å². The molecule has 18 heavy (non-hydrogen) atoms. The Bertz CT molecular complexity index is 549. The third-order valence-corrected chi connectivity index (χ3v) is 2.44. The average Bonchev–Trinajstić information content (AvgIpc) is 2.71. The lowest BCUT2D eigenvalue weighted by Crippen LogP contribution is -2.06. The van der Waals surface area contributed by atoms with E-state index in [1.807, 2.05) is 33.8 Å². The highest BCUT2D eigenvalue weighted by Gasteiger charge is 2.11. The van der Waals surface area contributed by atoms with Crippen LogP contribution in [0.25, 0.3) is 0 Å². The Morgan fingerprint density at radius 2 is 2.06 bits per heavy atom. The molecule has 2 aromatic heterocycles. The summed E-state index contributed by atoms with van der Waals surface area (Å²) >= 11 is 0. The molecule has 2 heterocycles. The summed E-state index contributed by atoms with van der Waals surface area (Å²) < 4.78 is 5.66. The molecule has 0 saturated heterocycles. The van der Waals surface area contributed by atoms with Crippen LogP contribution in [0.3, 0.4) is 0 Å². The first-order chi connectivity index (χ1) is 8.60. The van der Waals surface area contributed by atoms with Gasteiger partial charge in [-0.05, 0) is 27.7 Å². The molecular weight excluding hydrogens is 230 g/mol. The Labute approximate surface area is 106 Å². The minimum Gasteiger partial charge on any atom is -0.419 e. The lowest BCUT2D eigenvalue weighted by molar-refractivity contribution is 0.437. The third kappa shape index (κ3) is 2.58. The molecular formula is C12H17N5O. The minimum absolute atomic E-state index is 0.510. The molecule has 2 aromatic rings. The number of nitrogens with one attached hydrogen (secondary N) is 2. The standard InChI is InChI=1S/C12H17N5O/c1-5-13-11-8(3)12(15-9(4)14-11)18-10-6-7(2)16-17-10/h6H,5H2,1-4H3,(H,16,17)(H,13,14,15). The highest BCUT2D eigenvalue weighted by Crippen LogP contribution is 2.26. The van der Waals surface area contributed by atoms with Gasteiger partial charge in [-0.15, -0.1) is 5.10 Å². The highest BCUT2D eigenvalue weighted by molar-refractivity contribution is 5.49. The molecule has 6 nitrogen and oxygen atoms in total. The van der Waals surface area contributed by atoms with E-state index in [9.17, 15) is 0 Å². The molecule has 6 heteroatoms. The summed E-state index contributed by atoms with van der Waals surface area (Å²) in [5.74, 6) is 2.51. The highest BCUT2D eigenvalue weighted by atomic mass is 16.5. The second-order valence-electron chi connectivity index (χ2n) is 4.07. The van der Waals surface area contributed by atoms with Gasteiger partial charge in [0.1, 0.15) is 11.6 Å². The van der Waals surface area contributed by atoms with Gasteiger partial charge >= 0.3 is 0 Å². The zero-order valence-electron chi connectivity index (χ0n) is 11.0. The third-order valence-electron chi connectivity index (χ3n) is 2.44. The summed E-state index contributed by atoms with van der Waals surface area (Å²) in [6, 6.07) is 1.82. The summed E-state index contributed by atoms with van der Waals surface area (Å²) in [7, 11) is 0. The zero-order chi connectivity index (χ0) is 13.1. The van der Waals surface area contributed by atoms with E-state index < -0.39 is 0 Å². The maximum Gasteiger partial charge on any atom is 0.240 e. The summed E-state index contributed by atoms with van der Waals surface area (Å²) in [6.45, 7) is 8.50. The van der Waals surface area contributed by atoms with E-state index in [2.05, 4.69) is 25.5 Å². The lowest BCUT2D eigenvalue weighted by atomic mass is 10.3. The van der Waals surface area contributed by atoms with Crippen molar-refractivity contribution in [1.29, 1.82) is 0 Å². The molecule has 0 aliphatic carbocycles. The molecule has 0 aliphatic heterocycles. The summed E-state index contributed by atoms with van der Waals surface area (Å²) in [5, 5.41) is 10.0. The fraction of sp³-hybridized carbons (Fsp3) is 0.417. The number of ether oxygens (including phenoxy) is 1. The molecule has 0 atom stereocenters. The predicted molar refractivity (Wildman–Crippen MR) is 69.1 cm³/mol. The van der Waals surface area contributed by atoms with Crippen LogP contribution in [0.1, 0.15) is 24.0 Å². The Morgan fingerprint density at radius 3 is 2.67 bits per heavy atom. The maximum absolute atomic E-state index is 5.66. The molecule has 0 aromatic carbocycles. The summed E-state index contributed by atoms with van der Waals surface area (Å²) in [6.07, 6.45) is 0. The number of H-pyrrole nitrogens is 1. The Balaban J connectivity index is 2.32. The lowest BCUT2D eigenvalue weighted by Gasteiger charge is -2.11. The summed E-state index contributed by atoms with van der Waals surface area (Å²) in [5.41, 5.74) is 1.82. The minimum atomic E-state index is 0.510. The van der Waals surface area contributed by atoms with E-state index in [0.29, 0.717) is 17.6 Å². The SMILES string of the molecule is CCNc1nc(C)nc(Oc2cc(C)[nH]n2)c1C. The van der Waals surface area contributed by atoms with Crippen molar-refractivity contribution in [2.75, 3.05) is 11.9 Å². The van der Waals surface area contributed by atoms with Crippen molar-refractivity contribution in [2.24, 2.45) is 0 Å². The molecule has 96 valence electrons. The van der Waals surface area contributed by atoms with Crippen LogP contribution >= 0.6 is 0 Å². The van der Waals surface area contributed by atoms with Crippen LogP contribution in [0, 0.1) is 20.8 Å². The number of hydrogen-bond acceptors (Lipinski definition) is 5. The van der Waals surface area contributed by atoms with Crippen LogP contribution in [0.15, 0.2) is 6.07 Å². The van der Waals surface area contributed by atoms with Gasteiger partial charge in [-0.3, -0.25) is 5.10 Å². The van der Waals surface area contributed by atoms with E-state index in [4.69, 9.17) is 4.74 Å². The largest absolute Gasteiger partial charge is 0.419 e. The Kier molecular flexibility index (Phi) is 3.45. The molecule has 2 N–H and O–H groups in total. The Morgan fingerprint density at radius 1 is 1.28 bits per heavy atom. The van der Waals surface area contributed by atoms with Gasteiger partial charge in [-0.1, -0.05) is 0 Å². The van der Waals surface area contributed by atoms with Gasteiger partial charge in [0.2, 0.25) is 11.8 Å². The quantitative estimate of drug-likeness (QED) is 0.867. The van der Waals surface area contributed by atoms with Gasteiger partial charge in [0.25, 0.3) is 0 Å². The fourth-order valence-electron chi connectivity index (χ4n) is 1.59. The first kappa shape index (κ1) is 12.3. The van der Waals surface area contributed by atoms with Crippen molar-refractivity contribution in [3.05, 3.63) is 23.1 Å². The first-order valence-corrected chi connectivity index (χ1v) is 5.89. The number of hydrogen-bond donors (Lipinski definition) is 2. The topological polar surface area (TPSA) is 75.7 Å². The molecule has 0 fully saturated rings. The number of aromatic nitrogens is 4. The van der Waals surface area contributed by atoms with Gasteiger partial charge in [0.15, 0.2) is 0 Å². The van der Waals surface area contributed by atoms with E-state index in [1.54, 1.807) is 0 Å². The van der Waals surface area contributed by atoms with Crippen LogP contribution in [0.4, 0.5) is 5.82 Å².